The fraction of sp³-hybridized carbons (Fsp3) is 0.0714. The number of benzene rings is 2. The van der Waals surface area contributed by atoms with Crippen LogP contribution >= 0.6 is 31.9 Å². The predicted octanol–water partition coefficient (Wildman–Crippen LogP) is 3.29. The maximum Gasteiger partial charge on any atom is 0.148 e. The van der Waals surface area contributed by atoms with Crippen LogP contribution in [0.25, 0.3) is 0 Å². The number of carboxylic acid groups (broad SMARTS) is 1. The molecule has 2 rings (SSSR count). The molecule has 0 amide bonds. The van der Waals surface area contributed by atoms with Gasteiger partial charge in [-0.05, 0) is 67.3 Å². The zero-order valence-electron chi connectivity index (χ0n) is 10.0. The van der Waals surface area contributed by atoms with Gasteiger partial charge in [0.05, 0.1) is 14.9 Å². The van der Waals surface area contributed by atoms with Crippen molar-refractivity contribution < 1.29 is 19.0 Å². The number of carboxylic acids is 1. The normalized spacial score (nSPS) is 10.3. The molecule has 0 aliphatic carbocycles. The number of hydrogen-bond donors (Lipinski definition) is 0. The first-order chi connectivity index (χ1) is 9.47. The van der Waals surface area contributed by atoms with E-state index in [0.717, 1.165) is 5.56 Å². The number of ether oxygens (including phenoxy) is 1. The zero-order chi connectivity index (χ0) is 14.7. The van der Waals surface area contributed by atoms with Crippen LogP contribution < -0.4 is 9.84 Å². The third-order valence-electron chi connectivity index (χ3n) is 2.53. The van der Waals surface area contributed by atoms with Gasteiger partial charge in [-0.3, -0.25) is 0 Å². The van der Waals surface area contributed by atoms with Crippen molar-refractivity contribution in [1.29, 1.82) is 0 Å². The molecular formula is C14H8Br2FO3-. The summed E-state index contributed by atoms with van der Waals surface area (Å²) in [4.78, 5) is 10.8. The molecule has 3 nitrogen and oxygen atoms in total. The van der Waals surface area contributed by atoms with E-state index in [-0.39, 0.29) is 18.0 Å². The Morgan fingerprint density at radius 2 is 1.70 bits per heavy atom. The van der Waals surface area contributed by atoms with Gasteiger partial charge in [-0.25, -0.2) is 4.39 Å². The van der Waals surface area contributed by atoms with E-state index < -0.39 is 5.97 Å². The molecule has 0 atom stereocenters. The summed E-state index contributed by atoms with van der Waals surface area (Å²) >= 11 is 6.49. The molecular weight excluding hydrogens is 395 g/mol. The highest BCUT2D eigenvalue weighted by Crippen LogP contribution is 2.35. The summed E-state index contributed by atoms with van der Waals surface area (Å²) in [5.74, 6) is -1.11. The van der Waals surface area contributed by atoms with Gasteiger partial charge in [-0.15, -0.1) is 0 Å². The summed E-state index contributed by atoms with van der Waals surface area (Å²) in [5, 5.41) is 10.8. The fourth-order valence-corrected chi connectivity index (χ4v) is 2.97. The molecule has 0 bridgehead atoms. The average molecular weight is 403 g/mol. The quantitative estimate of drug-likeness (QED) is 0.788. The van der Waals surface area contributed by atoms with E-state index in [1.165, 1.54) is 24.3 Å². The van der Waals surface area contributed by atoms with Crippen LogP contribution in [-0.4, -0.2) is 5.97 Å². The van der Waals surface area contributed by atoms with Crippen LogP contribution in [0.2, 0.25) is 0 Å². The molecule has 0 unspecified atom stereocenters. The van der Waals surface area contributed by atoms with Crippen LogP contribution in [0.15, 0.2) is 45.3 Å². The first-order valence-electron chi connectivity index (χ1n) is 5.55. The van der Waals surface area contributed by atoms with Gasteiger partial charge in [0, 0.05) is 0 Å². The molecule has 0 heterocycles. The summed E-state index contributed by atoms with van der Waals surface area (Å²) in [6, 6.07) is 8.74. The first kappa shape index (κ1) is 15.0. The number of hydrogen-bond acceptors (Lipinski definition) is 3. The highest BCUT2D eigenvalue weighted by molar-refractivity contribution is 9.11. The molecule has 104 valence electrons. The second-order valence-corrected chi connectivity index (χ2v) is 5.68. The molecule has 0 fully saturated rings. The van der Waals surface area contributed by atoms with Crippen LogP contribution in [0.5, 0.6) is 5.75 Å². The van der Waals surface area contributed by atoms with Gasteiger partial charge in [-0.2, -0.15) is 0 Å². The maximum atomic E-state index is 12.8. The lowest BCUT2D eigenvalue weighted by Crippen LogP contribution is -2.22. The number of aromatic carboxylic acids is 1. The topological polar surface area (TPSA) is 49.4 Å². The Bertz CT molecular complexity index is 618. The van der Waals surface area contributed by atoms with E-state index in [9.17, 15) is 14.3 Å². The van der Waals surface area contributed by atoms with Crippen LogP contribution in [0.4, 0.5) is 4.39 Å². The molecule has 0 saturated carbocycles. The average Bonchev–Trinajstić information content (AvgIpc) is 2.39. The van der Waals surface area contributed by atoms with Gasteiger partial charge in [-0.1, -0.05) is 12.1 Å². The SMILES string of the molecule is O=C([O-])c1cc(Br)c(OCc2ccc(F)cc2)c(Br)c1. The Balaban J connectivity index is 2.17. The Hall–Kier alpha value is -1.40. The highest BCUT2D eigenvalue weighted by atomic mass is 79.9. The van der Waals surface area contributed by atoms with Gasteiger partial charge >= 0.3 is 0 Å². The van der Waals surface area contributed by atoms with Gasteiger partial charge in [0.2, 0.25) is 0 Å². The predicted molar refractivity (Wildman–Crippen MR) is 76.9 cm³/mol. The van der Waals surface area contributed by atoms with Crippen molar-refractivity contribution in [3.8, 4) is 5.75 Å². The zero-order valence-corrected chi connectivity index (χ0v) is 13.2. The molecule has 6 heteroatoms. The van der Waals surface area contributed by atoms with E-state index >= 15 is 0 Å². The van der Waals surface area contributed by atoms with E-state index in [0.29, 0.717) is 14.7 Å². The van der Waals surface area contributed by atoms with Gasteiger partial charge < -0.3 is 14.6 Å². The van der Waals surface area contributed by atoms with Gasteiger partial charge in [0.1, 0.15) is 18.2 Å². The van der Waals surface area contributed by atoms with E-state index in [4.69, 9.17) is 4.74 Å². The minimum Gasteiger partial charge on any atom is -0.545 e. The highest BCUT2D eigenvalue weighted by Gasteiger charge is 2.10. The summed E-state index contributed by atoms with van der Waals surface area (Å²) < 4.78 is 19.4. The first-order valence-corrected chi connectivity index (χ1v) is 7.13. The molecule has 0 radical (unpaired) electrons. The molecule has 0 aromatic heterocycles. The molecule has 2 aromatic carbocycles. The third kappa shape index (κ3) is 3.58. The van der Waals surface area contributed by atoms with E-state index in [1.807, 2.05) is 0 Å². The van der Waals surface area contributed by atoms with Gasteiger partial charge in [0.25, 0.3) is 0 Å². The Labute approximate surface area is 131 Å². The molecule has 0 aliphatic rings. The molecule has 0 aliphatic heterocycles. The van der Waals surface area contributed by atoms with Crippen LogP contribution in [0.1, 0.15) is 15.9 Å². The van der Waals surface area contributed by atoms with Crippen molar-refractivity contribution in [1.82, 2.24) is 0 Å². The minimum atomic E-state index is -1.27. The minimum absolute atomic E-state index is 0.0397. The van der Waals surface area contributed by atoms with Crippen molar-refractivity contribution in [3.05, 3.63) is 62.3 Å². The summed E-state index contributed by atoms with van der Waals surface area (Å²) in [6.45, 7) is 0.238. The summed E-state index contributed by atoms with van der Waals surface area (Å²) in [7, 11) is 0. The van der Waals surface area contributed by atoms with Crippen molar-refractivity contribution in [3.63, 3.8) is 0 Å². The monoisotopic (exact) mass is 401 g/mol. The number of halogens is 3. The van der Waals surface area contributed by atoms with Crippen LogP contribution in [-0.2, 0) is 6.61 Å². The standard InChI is InChI=1S/C14H9Br2FO3/c15-11-5-9(14(18)19)6-12(16)13(11)20-7-8-1-3-10(17)4-2-8/h1-6H,7H2,(H,18,19)/p-1. The summed E-state index contributed by atoms with van der Waals surface area (Å²) in [6.07, 6.45) is 0. The van der Waals surface area contributed by atoms with Crippen molar-refractivity contribution in [2.45, 2.75) is 6.61 Å². The van der Waals surface area contributed by atoms with Crippen molar-refractivity contribution in [2.24, 2.45) is 0 Å². The lowest BCUT2D eigenvalue weighted by molar-refractivity contribution is -0.255. The van der Waals surface area contributed by atoms with Crippen LogP contribution in [0.3, 0.4) is 0 Å². The molecule has 0 spiro atoms. The Kier molecular flexibility index (Phi) is 4.77. The van der Waals surface area contributed by atoms with E-state index in [2.05, 4.69) is 31.9 Å². The number of carbonyl (C=O) groups is 1. The lowest BCUT2D eigenvalue weighted by Gasteiger charge is -2.12. The smallest absolute Gasteiger partial charge is 0.148 e. The second kappa shape index (κ2) is 6.37. The largest absolute Gasteiger partial charge is 0.545 e. The maximum absolute atomic E-state index is 12.8. The molecule has 0 saturated heterocycles. The lowest BCUT2D eigenvalue weighted by atomic mass is 10.2. The third-order valence-corrected chi connectivity index (χ3v) is 3.71. The fourth-order valence-electron chi connectivity index (χ4n) is 1.55. The number of carbonyl (C=O) groups excluding carboxylic acids is 1. The Morgan fingerprint density at radius 1 is 1.15 bits per heavy atom. The second-order valence-electron chi connectivity index (χ2n) is 3.97. The number of rotatable bonds is 4. The molecule has 0 N–H and O–H groups in total. The van der Waals surface area contributed by atoms with Crippen molar-refractivity contribution >= 4 is 37.8 Å². The Morgan fingerprint density at radius 3 is 2.20 bits per heavy atom. The molecule has 2 aromatic rings. The molecule has 20 heavy (non-hydrogen) atoms. The summed E-state index contributed by atoms with van der Waals surface area (Å²) in [5.41, 5.74) is 0.840. The van der Waals surface area contributed by atoms with E-state index in [1.54, 1.807) is 12.1 Å². The van der Waals surface area contributed by atoms with Crippen LogP contribution in [0, 0.1) is 5.82 Å². The van der Waals surface area contributed by atoms with Gasteiger partial charge in [0.15, 0.2) is 0 Å². The van der Waals surface area contributed by atoms with Crippen molar-refractivity contribution in [2.75, 3.05) is 0 Å².